The third-order valence-electron chi connectivity index (χ3n) is 2.09. The van der Waals surface area contributed by atoms with Crippen LogP contribution in [0, 0.1) is 0 Å². The van der Waals surface area contributed by atoms with Crippen LogP contribution in [0.25, 0.3) is 0 Å². The predicted octanol–water partition coefficient (Wildman–Crippen LogP) is 3.09. The van der Waals surface area contributed by atoms with Gasteiger partial charge in [-0.15, -0.1) is 0 Å². The lowest BCUT2D eigenvalue weighted by atomic mass is 9.87. The van der Waals surface area contributed by atoms with Gasteiger partial charge >= 0.3 is 0 Å². The minimum Gasteiger partial charge on any atom is -0.463 e. The highest BCUT2D eigenvalue weighted by Gasteiger charge is 2.14. The van der Waals surface area contributed by atoms with Gasteiger partial charge in [0.05, 0.1) is 11.9 Å². The van der Waals surface area contributed by atoms with Gasteiger partial charge in [-0.2, -0.15) is 0 Å². The fourth-order valence-electron chi connectivity index (χ4n) is 1.21. The Morgan fingerprint density at radius 3 is 2.43 bits per heavy atom. The van der Waals surface area contributed by atoms with Gasteiger partial charge in [-0.3, -0.25) is 0 Å². The summed E-state index contributed by atoms with van der Waals surface area (Å²) in [5.41, 5.74) is 7.79. The van der Waals surface area contributed by atoms with Crippen molar-refractivity contribution in [1.82, 2.24) is 0 Å². The van der Waals surface area contributed by atoms with Crippen molar-refractivity contribution in [2.45, 2.75) is 26.2 Å². The molecule has 0 aliphatic rings. The summed E-state index contributed by atoms with van der Waals surface area (Å²) in [5, 5.41) is 0. The Bertz CT molecular complexity index is 337. The standard InChI is InChI=1S/C12H17NO/c1-5-14-11-7-6-9(8-10(11)13)12(2,3)4/h5-8H,1,13H2,2-4H3. The maximum absolute atomic E-state index is 5.83. The Labute approximate surface area is 85.4 Å². The summed E-state index contributed by atoms with van der Waals surface area (Å²) in [7, 11) is 0. The molecule has 0 aliphatic carbocycles. The Kier molecular flexibility index (Phi) is 2.84. The molecule has 1 aromatic carbocycles. The van der Waals surface area contributed by atoms with E-state index in [-0.39, 0.29) is 5.41 Å². The number of rotatable bonds is 2. The highest BCUT2D eigenvalue weighted by Crippen LogP contribution is 2.29. The summed E-state index contributed by atoms with van der Waals surface area (Å²) < 4.78 is 5.14. The van der Waals surface area contributed by atoms with Crippen molar-refractivity contribution in [2.24, 2.45) is 0 Å². The lowest BCUT2D eigenvalue weighted by Crippen LogP contribution is -2.11. The minimum absolute atomic E-state index is 0.112. The number of anilines is 1. The fraction of sp³-hybridized carbons (Fsp3) is 0.333. The predicted molar refractivity (Wildman–Crippen MR) is 60.4 cm³/mol. The smallest absolute Gasteiger partial charge is 0.149 e. The van der Waals surface area contributed by atoms with Crippen LogP contribution in [0.1, 0.15) is 26.3 Å². The van der Waals surface area contributed by atoms with E-state index in [0.717, 1.165) is 0 Å². The van der Waals surface area contributed by atoms with Gasteiger partial charge in [0.25, 0.3) is 0 Å². The van der Waals surface area contributed by atoms with Crippen molar-refractivity contribution in [3.05, 3.63) is 36.6 Å². The van der Waals surface area contributed by atoms with Gasteiger partial charge in [0.2, 0.25) is 0 Å². The quantitative estimate of drug-likeness (QED) is 0.576. The molecule has 1 aromatic rings. The van der Waals surface area contributed by atoms with Crippen molar-refractivity contribution in [1.29, 1.82) is 0 Å². The molecule has 0 radical (unpaired) electrons. The van der Waals surface area contributed by atoms with E-state index in [2.05, 4.69) is 27.4 Å². The Morgan fingerprint density at radius 1 is 1.36 bits per heavy atom. The molecule has 0 heterocycles. The molecule has 2 heteroatoms. The van der Waals surface area contributed by atoms with Crippen molar-refractivity contribution in [3.8, 4) is 5.75 Å². The van der Waals surface area contributed by atoms with Gasteiger partial charge in [-0.25, -0.2) is 0 Å². The lowest BCUT2D eigenvalue weighted by Gasteiger charge is -2.20. The second-order valence-corrected chi connectivity index (χ2v) is 4.29. The average molecular weight is 191 g/mol. The third kappa shape index (κ3) is 2.28. The van der Waals surface area contributed by atoms with Crippen LogP contribution in [-0.4, -0.2) is 0 Å². The average Bonchev–Trinajstić information content (AvgIpc) is 2.07. The second-order valence-electron chi connectivity index (χ2n) is 4.29. The highest BCUT2D eigenvalue weighted by atomic mass is 16.5. The summed E-state index contributed by atoms with van der Waals surface area (Å²) >= 11 is 0. The molecule has 0 amide bonds. The lowest BCUT2D eigenvalue weighted by molar-refractivity contribution is 0.484. The van der Waals surface area contributed by atoms with Crippen molar-refractivity contribution in [2.75, 3.05) is 5.73 Å². The Hall–Kier alpha value is -1.44. The summed E-state index contributed by atoms with van der Waals surface area (Å²) in [6.45, 7) is 9.94. The van der Waals surface area contributed by atoms with E-state index >= 15 is 0 Å². The maximum Gasteiger partial charge on any atom is 0.149 e. The molecule has 0 aliphatic heterocycles. The molecule has 0 saturated carbocycles. The van der Waals surface area contributed by atoms with Crippen molar-refractivity contribution in [3.63, 3.8) is 0 Å². The maximum atomic E-state index is 5.83. The van der Waals surface area contributed by atoms with Crippen LogP contribution in [0.15, 0.2) is 31.0 Å². The molecule has 0 aromatic heterocycles. The van der Waals surface area contributed by atoms with Crippen LogP contribution in [0.5, 0.6) is 5.75 Å². The summed E-state index contributed by atoms with van der Waals surface area (Å²) in [5.74, 6) is 0.660. The molecule has 0 bridgehead atoms. The first-order chi connectivity index (χ1) is 6.45. The molecule has 0 atom stereocenters. The van der Waals surface area contributed by atoms with Gasteiger partial charge in [0.1, 0.15) is 5.75 Å². The summed E-state index contributed by atoms with van der Waals surface area (Å²) in [6.07, 6.45) is 1.38. The molecule has 1 rings (SSSR count). The topological polar surface area (TPSA) is 35.2 Å². The molecule has 2 N–H and O–H groups in total. The van der Waals surface area contributed by atoms with Gasteiger partial charge in [-0.1, -0.05) is 33.4 Å². The van der Waals surface area contributed by atoms with Crippen LogP contribution in [0.2, 0.25) is 0 Å². The Morgan fingerprint density at radius 2 is 2.00 bits per heavy atom. The number of hydrogen-bond acceptors (Lipinski definition) is 2. The van der Waals surface area contributed by atoms with E-state index in [4.69, 9.17) is 10.5 Å². The number of nitrogens with two attached hydrogens (primary N) is 1. The number of hydrogen-bond donors (Lipinski definition) is 1. The first-order valence-electron chi connectivity index (χ1n) is 4.62. The monoisotopic (exact) mass is 191 g/mol. The summed E-state index contributed by atoms with van der Waals surface area (Å²) in [6, 6.07) is 5.84. The van der Waals surface area contributed by atoms with Crippen molar-refractivity contribution < 1.29 is 4.74 Å². The normalized spacial score (nSPS) is 11.1. The van der Waals surface area contributed by atoms with Crippen LogP contribution in [0.4, 0.5) is 5.69 Å². The van der Waals surface area contributed by atoms with Gasteiger partial charge < -0.3 is 10.5 Å². The minimum atomic E-state index is 0.112. The molecule has 76 valence electrons. The van der Waals surface area contributed by atoms with Crippen LogP contribution >= 0.6 is 0 Å². The van der Waals surface area contributed by atoms with E-state index in [9.17, 15) is 0 Å². The molecule has 0 fully saturated rings. The molecule has 0 saturated heterocycles. The SMILES string of the molecule is C=COc1ccc(C(C)(C)C)cc1N. The van der Waals surface area contributed by atoms with E-state index in [1.807, 2.05) is 18.2 Å². The summed E-state index contributed by atoms with van der Waals surface area (Å²) in [4.78, 5) is 0. The van der Waals surface area contributed by atoms with E-state index in [1.165, 1.54) is 11.8 Å². The van der Waals surface area contributed by atoms with E-state index in [1.54, 1.807) is 0 Å². The second kappa shape index (κ2) is 3.74. The first-order valence-corrected chi connectivity index (χ1v) is 4.62. The highest BCUT2D eigenvalue weighted by molar-refractivity contribution is 5.55. The van der Waals surface area contributed by atoms with Gasteiger partial charge in [0, 0.05) is 0 Å². The fourth-order valence-corrected chi connectivity index (χ4v) is 1.21. The molecular weight excluding hydrogens is 174 g/mol. The molecule has 0 unspecified atom stereocenters. The zero-order valence-corrected chi connectivity index (χ0v) is 9.00. The molecule has 2 nitrogen and oxygen atoms in total. The first kappa shape index (κ1) is 10.6. The van der Waals surface area contributed by atoms with Gasteiger partial charge in [-0.05, 0) is 23.1 Å². The molecule has 0 spiro atoms. The molecular formula is C12H17NO. The Balaban J connectivity index is 3.06. The van der Waals surface area contributed by atoms with E-state index in [0.29, 0.717) is 11.4 Å². The zero-order chi connectivity index (χ0) is 10.8. The van der Waals surface area contributed by atoms with Crippen LogP contribution in [0.3, 0.4) is 0 Å². The zero-order valence-electron chi connectivity index (χ0n) is 9.00. The number of nitrogen functional groups attached to an aromatic ring is 1. The third-order valence-corrected chi connectivity index (χ3v) is 2.09. The molecule has 14 heavy (non-hydrogen) atoms. The number of benzene rings is 1. The largest absolute Gasteiger partial charge is 0.463 e. The van der Waals surface area contributed by atoms with E-state index < -0.39 is 0 Å². The van der Waals surface area contributed by atoms with Crippen LogP contribution in [-0.2, 0) is 5.41 Å². The van der Waals surface area contributed by atoms with Gasteiger partial charge in [0.15, 0.2) is 0 Å². The number of ether oxygens (including phenoxy) is 1. The van der Waals surface area contributed by atoms with Crippen LogP contribution < -0.4 is 10.5 Å². The van der Waals surface area contributed by atoms with Crippen molar-refractivity contribution >= 4 is 5.69 Å².